The Morgan fingerprint density at radius 2 is 2.15 bits per heavy atom. The van der Waals surface area contributed by atoms with Crippen molar-refractivity contribution in [1.29, 1.82) is 0 Å². The quantitative estimate of drug-likeness (QED) is 0.871. The number of aryl methyl sites for hydroxylation is 1. The minimum absolute atomic E-state index is 0.0127. The SMILES string of the molecule is CCC1(C)NC(=O)C(C)N(CCc2nccn2C)C1=O. The molecule has 0 aromatic carbocycles. The molecule has 2 atom stereocenters. The summed E-state index contributed by atoms with van der Waals surface area (Å²) in [5.41, 5.74) is -0.786. The second kappa shape index (κ2) is 5.26. The lowest BCUT2D eigenvalue weighted by molar-refractivity contribution is -0.153. The molecule has 2 heterocycles. The Morgan fingerprint density at radius 3 is 2.70 bits per heavy atom. The summed E-state index contributed by atoms with van der Waals surface area (Å²) < 4.78 is 1.93. The van der Waals surface area contributed by atoms with E-state index in [2.05, 4.69) is 10.3 Å². The van der Waals surface area contributed by atoms with E-state index in [0.29, 0.717) is 19.4 Å². The molecule has 1 saturated heterocycles. The van der Waals surface area contributed by atoms with Gasteiger partial charge in [-0.3, -0.25) is 9.59 Å². The van der Waals surface area contributed by atoms with E-state index in [1.165, 1.54) is 0 Å². The Labute approximate surface area is 119 Å². The van der Waals surface area contributed by atoms with E-state index in [1.54, 1.807) is 24.9 Å². The van der Waals surface area contributed by atoms with Crippen LogP contribution in [0.25, 0.3) is 0 Å². The highest BCUT2D eigenvalue weighted by Gasteiger charge is 2.44. The monoisotopic (exact) mass is 278 g/mol. The molecule has 0 radical (unpaired) electrons. The van der Waals surface area contributed by atoms with Gasteiger partial charge in [0.1, 0.15) is 17.4 Å². The Bertz CT molecular complexity index is 525. The lowest BCUT2D eigenvalue weighted by atomic mass is 9.92. The molecule has 0 saturated carbocycles. The van der Waals surface area contributed by atoms with Crippen molar-refractivity contribution in [3.63, 3.8) is 0 Å². The van der Waals surface area contributed by atoms with Crippen molar-refractivity contribution in [3.05, 3.63) is 18.2 Å². The van der Waals surface area contributed by atoms with Gasteiger partial charge in [-0.05, 0) is 20.3 Å². The minimum atomic E-state index is -0.786. The fourth-order valence-corrected chi connectivity index (χ4v) is 2.46. The van der Waals surface area contributed by atoms with Crippen LogP contribution in [0.15, 0.2) is 12.4 Å². The lowest BCUT2D eigenvalue weighted by Crippen LogP contribution is -2.68. The van der Waals surface area contributed by atoms with Gasteiger partial charge in [-0.2, -0.15) is 0 Å². The molecule has 110 valence electrons. The van der Waals surface area contributed by atoms with E-state index in [4.69, 9.17) is 0 Å². The van der Waals surface area contributed by atoms with Crippen LogP contribution in [0.5, 0.6) is 0 Å². The second-order valence-electron chi connectivity index (χ2n) is 5.55. The maximum absolute atomic E-state index is 12.6. The molecule has 0 aliphatic carbocycles. The molecule has 0 bridgehead atoms. The zero-order valence-electron chi connectivity index (χ0n) is 12.5. The third-order valence-corrected chi connectivity index (χ3v) is 4.18. The topological polar surface area (TPSA) is 67.2 Å². The molecule has 1 aliphatic heterocycles. The number of amides is 2. The highest BCUT2D eigenvalue weighted by Crippen LogP contribution is 2.21. The van der Waals surface area contributed by atoms with Gasteiger partial charge in [0, 0.05) is 32.4 Å². The summed E-state index contributed by atoms with van der Waals surface area (Å²) in [5.74, 6) is 0.810. The maximum atomic E-state index is 12.6. The average molecular weight is 278 g/mol. The van der Waals surface area contributed by atoms with Gasteiger partial charge in [-0.15, -0.1) is 0 Å². The molecule has 1 N–H and O–H groups in total. The first-order valence-corrected chi connectivity index (χ1v) is 6.98. The smallest absolute Gasteiger partial charge is 0.248 e. The average Bonchev–Trinajstić information content (AvgIpc) is 2.82. The number of carbonyl (C=O) groups is 2. The molecule has 2 amide bonds. The molecule has 20 heavy (non-hydrogen) atoms. The van der Waals surface area contributed by atoms with Crippen LogP contribution in [0, 0.1) is 0 Å². The van der Waals surface area contributed by atoms with Gasteiger partial charge in [0.2, 0.25) is 11.8 Å². The van der Waals surface area contributed by atoms with Crippen molar-refractivity contribution < 1.29 is 9.59 Å². The highest BCUT2D eigenvalue weighted by atomic mass is 16.2. The Kier molecular flexibility index (Phi) is 3.83. The zero-order chi connectivity index (χ0) is 14.9. The third kappa shape index (κ3) is 2.42. The lowest BCUT2D eigenvalue weighted by Gasteiger charge is -2.43. The number of nitrogens with one attached hydrogen (secondary N) is 1. The molecule has 1 fully saturated rings. The van der Waals surface area contributed by atoms with Gasteiger partial charge in [0.15, 0.2) is 0 Å². The number of imidazole rings is 1. The van der Waals surface area contributed by atoms with Crippen LogP contribution in [-0.4, -0.2) is 44.4 Å². The normalized spacial score (nSPS) is 26.8. The highest BCUT2D eigenvalue weighted by molar-refractivity contribution is 5.99. The van der Waals surface area contributed by atoms with E-state index >= 15 is 0 Å². The second-order valence-corrected chi connectivity index (χ2v) is 5.55. The van der Waals surface area contributed by atoms with Gasteiger partial charge in [0.25, 0.3) is 0 Å². The number of hydrogen-bond acceptors (Lipinski definition) is 3. The van der Waals surface area contributed by atoms with Gasteiger partial charge in [-0.1, -0.05) is 6.92 Å². The van der Waals surface area contributed by atoms with E-state index in [1.807, 2.05) is 24.7 Å². The molecule has 2 rings (SSSR count). The van der Waals surface area contributed by atoms with Crippen LogP contribution < -0.4 is 5.32 Å². The van der Waals surface area contributed by atoms with Crippen LogP contribution >= 0.6 is 0 Å². The van der Waals surface area contributed by atoms with E-state index < -0.39 is 11.6 Å². The van der Waals surface area contributed by atoms with Crippen LogP contribution in [-0.2, 0) is 23.1 Å². The number of aromatic nitrogens is 2. The fourth-order valence-electron chi connectivity index (χ4n) is 2.46. The largest absolute Gasteiger partial charge is 0.340 e. The fraction of sp³-hybridized carbons (Fsp3) is 0.643. The van der Waals surface area contributed by atoms with Crippen LogP contribution in [0.1, 0.15) is 33.0 Å². The predicted octanol–water partition coefficient (Wildman–Crippen LogP) is 0.478. The molecular weight excluding hydrogens is 256 g/mol. The summed E-state index contributed by atoms with van der Waals surface area (Å²) in [4.78, 5) is 30.5. The predicted molar refractivity (Wildman–Crippen MR) is 74.9 cm³/mol. The van der Waals surface area contributed by atoms with Crippen molar-refractivity contribution in [2.24, 2.45) is 7.05 Å². The van der Waals surface area contributed by atoms with Crippen LogP contribution in [0.2, 0.25) is 0 Å². The maximum Gasteiger partial charge on any atom is 0.248 e. The first-order chi connectivity index (χ1) is 9.39. The van der Waals surface area contributed by atoms with E-state index in [-0.39, 0.29) is 11.8 Å². The first-order valence-electron chi connectivity index (χ1n) is 6.98. The van der Waals surface area contributed by atoms with Gasteiger partial charge >= 0.3 is 0 Å². The zero-order valence-corrected chi connectivity index (χ0v) is 12.5. The molecule has 0 spiro atoms. The Morgan fingerprint density at radius 1 is 1.45 bits per heavy atom. The van der Waals surface area contributed by atoms with Crippen LogP contribution in [0.3, 0.4) is 0 Å². The van der Waals surface area contributed by atoms with Gasteiger partial charge in [0.05, 0.1) is 0 Å². The third-order valence-electron chi connectivity index (χ3n) is 4.18. The van der Waals surface area contributed by atoms with Crippen molar-refractivity contribution >= 4 is 11.8 Å². The molecular formula is C14H22N4O2. The van der Waals surface area contributed by atoms with E-state index in [0.717, 1.165) is 5.82 Å². The summed E-state index contributed by atoms with van der Waals surface area (Å²) in [7, 11) is 1.92. The van der Waals surface area contributed by atoms with Crippen LogP contribution in [0.4, 0.5) is 0 Å². The molecule has 1 aliphatic rings. The van der Waals surface area contributed by atoms with Gasteiger partial charge in [-0.25, -0.2) is 4.98 Å². The Balaban J connectivity index is 2.13. The summed E-state index contributed by atoms with van der Waals surface area (Å²) >= 11 is 0. The summed E-state index contributed by atoms with van der Waals surface area (Å²) in [6.07, 6.45) is 4.84. The standard InChI is InChI=1S/C14H22N4O2/c1-5-14(3)13(20)18(10(2)12(19)16-14)8-6-11-15-7-9-17(11)4/h7,9-10H,5-6,8H2,1-4H3,(H,16,19). The number of carbonyl (C=O) groups excluding carboxylic acids is 2. The number of hydrogen-bond donors (Lipinski definition) is 1. The number of piperazine rings is 1. The first kappa shape index (κ1) is 14.6. The van der Waals surface area contributed by atoms with Crippen molar-refractivity contribution in [2.45, 2.75) is 45.2 Å². The summed E-state index contributed by atoms with van der Waals surface area (Å²) in [6, 6.07) is -0.428. The van der Waals surface area contributed by atoms with Crippen molar-refractivity contribution in [2.75, 3.05) is 6.54 Å². The molecule has 2 unspecified atom stereocenters. The van der Waals surface area contributed by atoms with Crippen molar-refractivity contribution in [1.82, 2.24) is 19.8 Å². The molecule has 6 nitrogen and oxygen atoms in total. The van der Waals surface area contributed by atoms with Crippen molar-refractivity contribution in [3.8, 4) is 0 Å². The minimum Gasteiger partial charge on any atom is -0.340 e. The Hall–Kier alpha value is -1.85. The number of rotatable bonds is 4. The molecule has 1 aromatic heterocycles. The van der Waals surface area contributed by atoms with E-state index in [9.17, 15) is 9.59 Å². The molecule has 1 aromatic rings. The summed E-state index contributed by atoms with van der Waals surface area (Å²) in [6.45, 7) is 5.97. The van der Waals surface area contributed by atoms with Gasteiger partial charge < -0.3 is 14.8 Å². The molecule has 6 heteroatoms. The number of nitrogens with zero attached hydrogens (tertiary/aromatic N) is 3. The summed E-state index contributed by atoms with van der Waals surface area (Å²) in [5, 5.41) is 2.83.